The number of benzene rings is 1. The highest BCUT2D eigenvalue weighted by atomic mass is 79.9. The summed E-state index contributed by atoms with van der Waals surface area (Å²) in [4.78, 5) is 24.2. The second-order valence-electron chi connectivity index (χ2n) is 3.85. The molecule has 18 heavy (non-hydrogen) atoms. The molecule has 0 radical (unpaired) electrons. The molecule has 0 spiro atoms. The van der Waals surface area contributed by atoms with E-state index in [0.717, 1.165) is 6.42 Å². The summed E-state index contributed by atoms with van der Waals surface area (Å²) in [6.07, 6.45) is 0.866. The molecule has 0 fully saturated rings. The molecule has 0 aliphatic heterocycles. The molecule has 0 aromatic heterocycles. The van der Waals surface area contributed by atoms with Gasteiger partial charge < -0.3 is 15.3 Å². The molecule has 5 nitrogen and oxygen atoms in total. The second kappa shape index (κ2) is 6.39. The number of hydrogen-bond donors (Lipinski definition) is 2. The normalized spacial score (nSPS) is 9.94. The predicted molar refractivity (Wildman–Crippen MR) is 73.0 cm³/mol. The lowest BCUT2D eigenvalue weighted by Gasteiger charge is -2.17. The third kappa shape index (κ3) is 3.73. The molecule has 1 aromatic rings. The maximum Gasteiger partial charge on any atom is 0.336 e. The van der Waals surface area contributed by atoms with Crippen LogP contribution in [0.25, 0.3) is 0 Å². The minimum atomic E-state index is -1.04. The average Bonchev–Trinajstić information content (AvgIpc) is 2.31. The highest BCUT2D eigenvalue weighted by molar-refractivity contribution is 9.10. The van der Waals surface area contributed by atoms with Gasteiger partial charge in [0.1, 0.15) is 0 Å². The van der Waals surface area contributed by atoms with Gasteiger partial charge in [-0.2, -0.15) is 0 Å². The first-order chi connectivity index (χ1) is 8.45. The van der Waals surface area contributed by atoms with E-state index in [0.29, 0.717) is 16.7 Å². The topological polar surface area (TPSA) is 69.6 Å². The van der Waals surface area contributed by atoms with Gasteiger partial charge in [-0.15, -0.1) is 0 Å². The van der Waals surface area contributed by atoms with Gasteiger partial charge in [0.05, 0.1) is 5.56 Å². The fourth-order valence-electron chi connectivity index (χ4n) is 1.42. The van der Waals surface area contributed by atoms with Crippen LogP contribution in [0.5, 0.6) is 0 Å². The standard InChI is InChI=1S/C12H15BrN2O3/c1-3-6-15(2)12(18)14-8-4-5-10(13)9(7-8)11(16)17/h4-5,7H,3,6H2,1-2H3,(H,14,18)(H,16,17). The van der Waals surface area contributed by atoms with Crippen LogP contribution >= 0.6 is 15.9 Å². The van der Waals surface area contributed by atoms with Gasteiger partial charge in [0.2, 0.25) is 0 Å². The number of rotatable bonds is 4. The summed E-state index contributed by atoms with van der Waals surface area (Å²) < 4.78 is 0.481. The third-order valence-electron chi connectivity index (χ3n) is 2.35. The monoisotopic (exact) mass is 314 g/mol. The van der Waals surface area contributed by atoms with Gasteiger partial charge in [-0.25, -0.2) is 9.59 Å². The molecule has 2 amide bonds. The minimum absolute atomic E-state index is 0.117. The highest BCUT2D eigenvalue weighted by Gasteiger charge is 2.12. The maximum absolute atomic E-state index is 11.7. The Bertz CT molecular complexity index is 463. The van der Waals surface area contributed by atoms with E-state index in [-0.39, 0.29) is 11.6 Å². The molecule has 0 saturated carbocycles. The predicted octanol–water partition coefficient (Wildman–Crippen LogP) is 3.02. The van der Waals surface area contributed by atoms with Gasteiger partial charge in [-0.05, 0) is 40.5 Å². The summed E-state index contributed by atoms with van der Waals surface area (Å²) in [6, 6.07) is 4.41. The molecule has 2 N–H and O–H groups in total. The van der Waals surface area contributed by atoms with E-state index in [1.54, 1.807) is 24.1 Å². The van der Waals surface area contributed by atoms with Crippen LogP contribution in [0.4, 0.5) is 10.5 Å². The number of amides is 2. The number of carbonyl (C=O) groups excluding carboxylic acids is 1. The number of aromatic carboxylic acids is 1. The molecular weight excluding hydrogens is 300 g/mol. The number of urea groups is 1. The molecule has 0 heterocycles. The molecule has 0 aliphatic carbocycles. The Kier molecular flexibility index (Phi) is 5.15. The van der Waals surface area contributed by atoms with Crippen LogP contribution in [0.3, 0.4) is 0 Å². The van der Waals surface area contributed by atoms with Crippen LogP contribution in [-0.4, -0.2) is 35.6 Å². The lowest BCUT2D eigenvalue weighted by molar-refractivity contribution is 0.0696. The zero-order chi connectivity index (χ0) is 13.7. The number of nitrogens with one attached hydrogen (secondary N) is 1. The maximum atomic E-state index is 11.7. The van der Waals surface area contributed by atoms with E-state index in [2.05, 4.69) is 21.2 Å². The fraction of sp³-hybridized carbons (Fsp3) is 0.333. The van der Waals surface area contributed by atoms with Crippen molar-refractivity contribution in [1.29, 1.82) is 0 Å². The van der Waals surface area contributed by atoms with Crippen LogP contribution in [0.15, 0.2) is 22.7 Å². The molecule has 0 saturated heterocycles. The van der Waals surface area contributed by atoms with Gasteiger partial charge in [-0.3, -0.25) is 0 Å². The number of halogens is 1. The van der Waals surface area contributed by atoms with Crippen LogP contribution in [0, 0.1) is 0 Å². The molecule has 1 aromatic carbocycles. The Hall–Kier alpha value is -1.56. The zero-order valence-corrected chi connectivity index (χ0v) is 11.8. The highest BCUT2D eigenvalue weighted by Crippen LogP contribution is 2.21. The Morgan fingerprint density at radius 2 is 2.11 bits per heavy atom. The van der Waals surface area contributed by atoms with E-state index >= 15 is 0 Å². The lowest BCUT2D eigenvalue weighted by atomic mass is 10.2. The van der Waals surface area contributed by atoms with E-state index in [4.69, 9.17) is 5.11 Å². The zero-order valence-electron chi connectivity index (χ0n) is 10.2. The molecule has 0 unspecified atom stereocenters. The van der Waals surface area contributed by atoms with Crippen molar-refractivity contribution in [3.8, 4) is 0 Å². The largest absolute Gasteiger partial charge is 0.478 e. The van der Waals surface area contributed by atoms with Gasteiger partial charge in [-0.1, -0.05) is 6.92 Å². The van der Waals surface area contributed by atoms with Crippen molar-refractivity contribution in [2.24, 2.45) is 0 Å². The number of carboxylic acids is 1. The van der Waals surface area contributed by atoms with Crippen molar-refractivity contribution in [3.05, 3.63) is 28.2 Å². The van der Waals surface area contributed by atoms with Crippen LogP contribution in [0.2, 0.25) is 0 Å². The van der Waals surface area contributed by atoms with Crippen molar-refractivity contribution in [2.75, 3.05) is 18.9 Å². The number of nitrogens with zero attached hydrogens (tertiary/aromatic N) is 1. The number of carboxylic acid groups (broad SMARTS) is 1. The van der Waals surface area contributed by atoms with Crippen molar-refractivity contribution < 1.29 is 14.7 Å². The Balaban J connectivity index is 2.82. The second-order valence-corrected chi connectivity index (χ2v) is 4.71. The molecule has 0 bridgehead atoms. The van der Waals surface area contributed by atoms with E-state index in [9.17, 15) is 9.59 Å². The first-order valence-electron chi connectivity index (χ1n) is 5.50. The summed E-state index contributed by atoms with van der Waals surface area (Å²) in [5.41, 5.74) is 0.578. The summed E-state index contributed by atoms with van der Waals surface area (Å²) in [6.45, 7) is 2.63. The van der Waals surface area contributed by atoms with Crippen LogP contribution in [-0.2, 0) is 0 Å². The summed E-state index contributed by atoms with van der Waals surface area (Å²) in [7, 11) is 1.69. The smallest absolute Gasteiger partial charge is 0.336 e. The average molecular weight is 315 g/mol. The molecule has 0 atom stereocenters. The van der Waals surface area contributed by atoms with Gasteiger partial charge in [0, 0.05) is 23.8 Å². The van der Waals surface area contributed by atoms with Crippen molar-refractivity contribution in [1.82, 2.24) is 4.90 Å². The number of anilines is 1. The van der Waals surface area contributed by atoms with Crippen molar-refractivity contribution >= 4 is 33.6 Å². The molecular formula is C12H15BrN2O3. The molecule has 6 heteroatoms. The third-order valence-corrected chi connectivity index (χ3v) is 3.05. The SMILES string of the molecule is CCCN(C)C(=O)Nc1ccc(Br)c(C(=O)O)c1. The van der Waals surface area contributed by atoms with E-state index in [1.165, 1.54) is 6.07 Å². The van der Waals surface area contributed by atoms with Crippen LogP contribution in [0.1, 0.15) is 23.7 Å². The van der Waals surface area contributed by atoms with Gasteiger partial charge in [0.25, 0.3) is 0 Å². The fourth-order valence-corrected chi connectivity index (χ4v) is 1.84. The van der Waals surface area contributed by atoms with Gasteiger partial charge in [0.15, 0.2) is 0 Å². The number of carbonyl (C=O) groups is 2. The Labute approximate surface area is 114 Å². The first-order valence-corrected chi connectivity index (χ1v) is 6.30. The molecule has 1 rings (SSSR count). The summed E-state index contributed by atoms with van der Waals surface area (Å²) in [5, 5.41) is 11.6. The van der Waals surface area contributed by atoms with E-state index in [1.807, 2.05) is 6.92 Å². The minimum Gasteiger partial charge on any atom is -0.478 e. The summed E-state index contributed by atoms with van der Waals surface area (Å²) >= 11 is 3.15. The van der Waals surface area contributed by atoms with Crippen molar-refractivity contribution in [3.63, 3.8) is 0 Å². The van der Waals surface area contributed by atoms with E-state index < -0.39 is 5.97 Å². The summed E-state index contributed by atoms with van der Waals surface area (Å²) in [5.74, 6) is -1.04. The molecule has 98 valence electrons. The quantitative estimate of drug-likeness (QED) is 0.897. The molecule has 0 aliphatic rings. The van der Waals surface area contributed by atoms with Gasteiger partial charge >= 0.3 is 12.0 Å². The number of hydrogen-bond acceptors (Lipinski definition) is 2. The lowest BCUT2D eigenvalue weighted by Crippen LogP contribution is -2.31. The van der Waals surface area contributed by atoms with Crippen LogP contribution < -0.4 is 5.32 Å². The van der Waals surface area contributed by atoms with Crippen molar-refractivity contribution in [2.45, 2.75) is 13.3 Å². The first kappa shape index (κ1) is 14.5. The Morgan fingerprint density at radius 3 is 2.67 bits per heavy atom. The Morgan fingerprint density at radius 1 is 1.44 bits per heavy atom.